The molecule has 26 heavy (non-hydrogen) atoms. The molecule has 0 radical (unpaired) electrons. The summed E-state index contributed by atoms with van der Waals surface area (Å²) in [6.07, 6.45) is 1.79. The van der Waals surface area contributed by atoms with Gasteiger partial charge in [0.15, 0.2) is 0 Å². The Balaban J connectivity index is 1.81. The van der Waals surface area contributed by atoms with Gasteiger partial charge < -0.3 is 19.7 Å². The maximum atomic E-state index is 13.2. The fraction of sp³-hybridized carbons (Fsp3) is 0.650. The van der Waals surface area contributed by atoms with E-state index >= 15 is 0 Å². The monoisotopic (exact) mass is 361 g/mol. The van der Waals surface area contributed by atoms with Gasteiger partial charge in [0.2, 0.25) is 5.91 Å². The molecular formula is C20H31N3O3. The lowest BCUT2D eigenvalue weighted by atomic mass is 9.94. The van der Waals surface area contributed by atoms with Crippen LogP contribution in [0.1, 0.15) is 18.9 Å². The highest BCUT2D eigenvalue weighted by Gasteiger charge is 2.42. The summed E-state index contributed by atoms with van der Waals surface area (Å²) in [6.45, 7) is 6.08. The molecule has 0 saturated carbocycles. The van der Waals surface area contributed by atoms with E-state index in [-0.39, 0.29) is 11.9 Å². The molecule has 6 heteroatoms. The third-order valence-electron chi connectivity index (χ3n) is 5.59. The van der Waals surface area contributed by atoms with E-state index in [1.165, 1.54) is 0 Å². The fourth-order valence-electron chi connectivity index (χ4n) is 4.04. The van der Waals surface area contributed by atoms with Crippen molar-refractivity contribution in [2.75, 3.05) is 47.0 Å². The summed E-state index contributed by atoms with van der Waals surface area (Å²) in [4.78, 5) is 17.6. The number of carbonyl (C=O) groups excluding carboxylic acids is 1. The van der Waals surface area contributed by atoms with E-state index < -0.39 is 0 Å². The van der Waals surface area contributed by atoms with Gasteiger partial charge >= 0.3 is 0 Å². The molecule has 2 fully saturated rings. The normalized spacial score (nSPS) is 26.7. The lowest BCUT2D eigenvalue weighted by Gasteiger charge is -2.50. The predicted molar refractivity (Wildman–Crippen MR) is 102 cm³/mol. The van der Waals surface area contributed by atoms with Crippen molar-refractivity contribution in [3.05, 3.63) is 29.8 Å². The average Bonchev–Trinajstić information content (AvgIpc) is 2.68. The van der Waals surface area contributed by atoms with Crippen LogP contribution in [0.3, 0.4) is 0 Å². The molecule has 2 aliphatic heterocycles. The second kappa shape index (κ2) is 8.84. The Morgan fingerprint density at radius 1 is 1.27 bits per heavy atom. The van der Waals surface area contributed by atoms with E-state index in [0.29, 0.717) is 31.7 Å². The fourth-order valence-corrected chi connectivity index (χ4v) is 4.04. The summed E-state index contributed by atoms with van der Waals surface area (Å²) in [5, 5.41) is 3.63. The molecule has 2 heterocycles. The van der Waals surface area contributed by atoms with Crippen LogP contribution in [-0.2, 0) is 16.0 Å². The largest absolute Gasteiger partial charge is 0.497 e. The average molecular weight is 361 g/mol. The molecule has 2 saturated heterocycles. The molecule has 0 bridgehead atoms. The summed E-state index contributed by atoms with van der Waals surface area (Å²) in [6, 6.07) is 8.76. The second-order valence-electron chi connectivity index (χ2n) is 7.21. The number of carbonyl (C=O) groups is 1. The first-order valence-electron chi connectivity index (χ1n) is 9.56. The van der Waals surface area contributed by atoms with Gasteiger partial charge in [0.1, 0.15) is 5.75 Å². The molecule has 0 aromatic heterocycles. The van der Waals surface area contributed by atoms with Gasteiger partial charge in [0.05, 0.1) is 19.8 Å². The van der Waals surface area contributed by atoms with Crippen LogP contribution >= 0.6 is 0 Å². The van der Waals surface area contributed by atoms with Crippen LogP contribution in [0, 0.1) is 0 Å². The molecular weight excluding hydrogens is 330 g/mol. The number of rotatable bonds is 7. The van der Waals surface area contributed by atoms with Crippen LogP contribution in [0.15, 0.2) is 24.3 Å². The smallest absolute Gasteiger partial charge is 0.240 e. The zero-order valence-corrected chi connectivity index (χ0v) is 16.1. The minimum absolute atomic E-state index is 0.117. The Hall–Kier alpha value is -1.63. The molecule has 0 aliphatic carbocycles. The molecule has 0 unspecified atom stereocenters. The summed E-state index contributed by atoms with van der Waals surface area (Å²) in [5.41, 5.74) is 1.14. The molecule has 1 N–H and O–H groups in total. The number of nitrogens with zero attached hydrogens (tertiary/aromatic N) is 2. The first-order chi connectivity index (χ1) is 12.7. The highest BCUT2D eigenvalue weighted by atomic mass is 16.5. The molecule has 1 aromatic rings. The van der Waals surface area contributed by atoms with E-state index in [1.54, 1.807) is 14.2 Å². The van der Waals surface area contributed by atoms with Gasteiger partial charge in [-0.3, -0.25) is 9.69 Å². The lowest BCUT2D eigenvalue weighted by Crippen LogP contribution is -2.70. The van der Waals surface area contributed by atoms with Gasteiger partial charge in [0.25, 0.3) is 0 Å². The molecule has 0 spiro atoms. The third-order valence-corrected chi connectivity index (χ3v) is 5.59. The Labute approximate surface area is 156 Å². The minimum atomic E-state index is -0.117. The van der Waals surface area contributed by atoms with Crippen molar-refractivity contribution in [1.82, 2.24) is 15.1 Å². The van der Waals surface area contributed by atoms with Gasteiger partial charge in [-0.2, -0.15) is 0 Å². The summed E-state index contributed by atoms with van der Waals surface area (Å²) < 4.78 is 10.6. The van der Waals surface area contributed by atoms with Crippen molar-refractivity contribution >= 4 is 5.91 Å². The molecule has 6 nitrogen and oxygen atoms in total. The second-order valence-corrected chi connectivity index (χ2v) is 7.21. The summed E-state index contributed by atoms with van der Waals surface area (Å²) in [7, 11) is 3.36. The highest BCUT2D eigenvalue weighted by molar-refractivity contribution is 5.83. The molecule has 1 amide bonds. The predicted octanol–water partition coefficient (Wildman–Crippen LogP) is 1.15. The molecule has 1 aromatic carbocycles. The topological polar surface area (TPSA) is 54.0 Å². The lowest BCUT2D eigenvalue weighted by molar-refractivity contribution is -0.147. The molecule has 2 aliphatic rings. The molecule has 144 valence electrons. The maximum absolute atomic E-state index is 13.2. The van der Waals surface area contributed by atoms with Crippen molar-refractivity contribution in [2.24, 2.45) is 0 Å². The van der Waals surface area contributed by atoms with Crippen LogP contribution in [-0.4, -0.2) is 80.8 Å². The zero-order valence-electron chi connectivity index (χ0n) is 16.1. The van der Waals surface area contributed by atoms with Crippen LogP contribution in [0.5, 0.6) is 5.75 Å². The molecule has 3 rings (SSSR count). The van der Waals surface area contributed by atoms with E-state index in [2.05, 4.69) is 23.2 Å². The summed E-state index contributed by atoms with van der Waals surface area (Å²) >= 11 is 0. The van der Waals surface area contributed by atoms with Crippen molar-refractivity contribution in [1.29, 1.82) is 0 Å². The van der Waals surface area contributed by atoms with E-state index in [4.69, 9.17) is 9.47 Å². The van der Waals surface area contributed by atoms with Crippen LogP contribution in [0.2, 0.25) is 0 Å². The van der Waals surface area contributed by atoms with Gasteiger partial charge in [-0.25, -0.2) is 0 Å². The zero-order chi connectivity index (χ0) is 18.5. The first kappa shape index (κ1) is 19.1. The highest BCUT2D eigenvalue weighted by Crippen LogP contribution is 2.25. The van der Waals surface area contributed by atoms with Crippen LogP contribution in [0.25, 0.3) is 0 Å². The summed E-state index contributed by atoms with van der Waals surface area (Å²) in [5.74, 6) is 1.06. The van der Waals surface area contributed by atoms with Gasteiger partial charge in [-0.1, -0.05) is 19.1 Å². The number of piperazine rings is 2. The number of methoxy groups -OCH3 is 2. The molecule has 3 atom stereocenters. The van der Waals surface area contributed by atoms with Gasteiger partial charge in [-0.15, -0.1) is 0 Å². The van der Waals surface area contributed by atoms with Crippen molar-refractivity contribution in [2.45, 2.75) is 37.9 Å². The third kappa shape index (κ3) is 4.19. The SMILES string of the molecule is CC[C@H]1CN2[C@H](CN1)CN(CCOC)C(=O)[C@@H]2Cc1cccc(OC)c1. The van der Waals surface area contributed by atoms with Gasteiger partial charge in [-0.05, 0) is 30.5 Å². The Bertz CT molecular complexity index is 610. The number of ether oxygens (including phenoxy) is 2. The Kier molecular flexibility index (Phi) is 6.51. The number of amides is 1. The quantitative estimate of drug-likeness (QED) is 0.790. The Morgan fingerprint density at radius 2 is 2.12 bits per heavy atom. The van der Waals surface area contributed by atoms with E-state index in [9.17, 15) is 4.79 Å². The number of benzene rings is 1. The maximum Gasteiger partial charge on any atom is 0.240 e. The van der Waals surface area contributed by atoms with Crippen molar-refractivity contribution in [3.8, 4) is 5.75 Å². The number of fused-ring (bicyclic) bond motifs is 1. The number of hydrogen-bond acceptors (Lipinski definition) is 5. The van der Waals surface area contributed by atoms with Crippen LogP contribution < -0.4 is 10.1 Å². The van der Waals surface area contributed by atoms with Crippen molar-refractivity contribution in [3.63, 3.8) is 0 Å². The standard InChI is InChI=1S/C20H31N3O3/c1-4-16-13-23-17(12-21-16)14-22(8-9-25-2)20(24)19(23)11-15-6-5-7-18(10-15)26-3/h5-7,10,16-17,19,21H,4,8-9,11-14H2,1-3H3/t16-,17+,19-/m0/s1. The number of hydrogen-bond donors (Lipinski definition) is 1. The Morgan fingerprint density at radius 3 is 2.85 bits per heavy atom. The van der Waals surface area contributed by atoms with Gasteiger partial charge in [0, 0.05) is 45.4 Å². The minimum Gasteiger partial charge on any atom is -0.497 e. The van der Waals surface area contributed by atoms with Crippen molar-refractivity contribution < 1.29 is 14.3 Å². The van der Waals surface area contributed by atoms with E-state index in [1.807, 2.05) is 23.1 Å². The first-order valence-corrected chi connectivity index (χ1v) is 9.56. The van der Waals surface area contributed by atoms with E-state index in [0.717, 1.165) is 37.4 Å². The number of nitrogens with one attached hydrogen (secondary N) is 1. The van der Waals surface area contributed by atoms with Crippen LogP contribution in [0.4, 0.5) is 0 Å².